The standard InChI is InChI=1S/C16H22BrN3O/c17-15-13(6-3-7-14(15)18)16(21)20-10-4-5-12(11-20)19-8-1-2-9-19/h3,6-7,12H,1-2,4-5,8-11,18H2. The lowest BCUT2D eigenvalue weighted by atomic mass is 10.0. The van der Waals surface area contributed by atoms with Gasteiger partial charge >= 0.3 is 0 Å². The lowest BCUT2D eigenvalue weighted by Gasteiger charge is -2.37. The highest BCUT2D eigenvalue weighted by molar-refractivity contribution is 9.10. The number of nitrogen functional groups attached to an aromatic ring is 1. The van der Waals surface area contributed by atoms with E-state index >= 15 is 0 Å². The smallest absolute Gasteiger partial charge is 0.255 e. The number of amides is 1. The molecule has 1 aromatic carbocycles. The molecule has 2 N–H and O–H groups in total. The Morgan fingerprint density at radius 2 is 1.95 bits per heavy atom. The second-order valence-corrected chi connectivity index (χ2v) is 6.79. The molecule has 2 saturated heterocycles. The highest BCUT2D eigenvalue weighted by atomic mass is 79.9. The van der Waals surface area contributed by atoms with Crippen molar-refractivity contribution in [1.29, 1.82) is 0 Å². The predicted molar refractivity (Wildman–Crippen MR) is 88.3 cm³/mol. The first-order valence-electron chi connectivity index (χ1n) is 7.74. The summed E-state index contributed by atoms with van der Waals surface area (Å²) < 4.78 is 0.721. The monoisotopic (exact) mass is 351 g/mol. The van der Waals surface area contributed by atoms with Gasteiger partial charge in [0.05, 0.1) is 10.0 Å². The summed E-state index contributed by atoms with van der Waals surface area (Å²) in [6.07, 6.45) is 4.89. The van der Waals surface area contributed by atoms with Crippen LogP contribution in [0.1, 0.15) is 36.0 Å². The summed E-state index contributed by atoms with van der Waals surface area (Å²) in [4.78, 5) is 17.3. The van der Waals surface area contributed by atoms with Crippen LogP contribution in [0.25, 0.3) is 0 Å². The number of rotatable bonds is 2. The molecule has 0 spiro atoms. The van der Waals surface area contributed by atoms with Gasteiger partial charge in [0.15, 0.2) is 0 Å². The summed E-state index contributed by atoms with van der Waals surface area (Å²) >= 11 is 3.45. The average molecular weight is 352 g/mol. The van der Waals surface area contributed by atoms with Gasteiger partial charge in [-0.05, 0) is 66.8 Å². The van der Waals surface area contributed by atoms with E-state index in [1.165, 1.54) is 32.4 Å². The van der Waals surface area contributed by atoms with Crippen molar-refractivity contribution in [3.8, 4) is 0 Å². The number of carbonyl (C=O) groups excluding carboxylic acids is 1. The van der Waals surface area contributed by atoms with E-state index < -0.39 is 0 Å². The molecule has 2 heterocycles. The first kappa shape index (κ1) is 14.9. The molecule has 0 radical (unpaired) electrons. The highest BCUT2D eigenvalue weighted by Crippen LogP contribution is 2.27. The molecule has 21 heavy (non-hydrogen) atoms. The Hall–Kier alpha value is -1.07. The van der Waals surface area contributed by atoms with Gasteiger partial charge in [0.25, 0.3) is 5.91 Å². The average Bonchev–Trinajstić information content (AvgIpc) is 3.04. The number of halogens is 1. The highest BCUT2D eigenvalue weighted by Gasteiger charge is 2.30. The van der Waals surface area contributed by atoms with Crippen LogP contribution in [0.4, 0.5) is 5.69 Å². The lowest BCUT2D eigenvalue weighted by molar-refractivity contribution is 0.0607. The largest absolute Gasteiger partial charge is 0.398 e. The zero-order valence-electron chi connectivity index (χ0n) is 12.2. The molecule has 2 aliphatic heterocycles. The van der Waals surface area contributed by atoms with Crippen LogP contribution in [-0.2, 0) is 0 Å². The van der Waals surface area contributed by atoms with Crippen LogP contribution in [-0.4, -0.2) is 47.9 Å². The molecule has 0 saturated carbocycles. The third-order valence-electron chi connectivity index (χ3n) is 4.60. The maximum atomic E-state index is 12.8. The number of anilines is 1. The van der Waals surface area contributed by atoms with Crippen LogP contribution in [0, 0.1) is 0 Å². The van der Waals surface area contributed by atoms with E-state index in [1.807, 2.05) is 23.1 Å². The molecule has 0 bridgehead atoms. The van der Waals surface area contributed by atoms with Crippen molar-refractivity contribution >= 4 is 27.5 Å². The molecule has 5 heteroatoms. The first-order chi connectivity index (χ1) is 10.2. The van der Waals surface area contributed by atoms with Gasteiger partial charge in [-0.15, -0.1) is 0 Å². The van der Waals surface area contributed by atoms with Crippen molar-refractivity contribution in [2.24, 2.45) is 0 Å². The molecular formula is C16H22BrN3O. The Bertz CT molecular complexity index is 528. The number of hydrogen-bond acceptors (Lipinski definition) is 3. The topological polar surface area (TPSA) is 49.6 Å². The molecule has 4 nitrogen and oxygen atoms in total. The van der Waals surface area contributed by atoms with Crippen LogP contribution < -0.4 is 5.73 Å². The SMILES string of the molecule is Nc1cccc(C(=O)N2CCCC(N3CCCC3)C2)c1Br. The van der Waals surface area contributed by atoms with Crippen LogP contribution in [0.5, 0.6) is 0 Å². The van der Waals surface area contributed by atoms with Gasteiger partial charge in [-0.25, -0.2) is 0 Å². The van der Waals surface area contributed by atoms with E-state index in [0.29, 0.717) is 17.3 Å². The Balaban J connectivity index is 1.73. The third-order valence-corrected chi connectivity index (χ3v) is 5.48. The number of nitrogens with zero attached hydrogens (tertiary/aromatic N) is 2. The van der Waals surface area contributed by atoms with Gasteiger partial charge < -0.3 is 10.6 Å². The minimum Gasteiger partial charge on any atom is -0.398 e. The summed E-state index contributed by atoms with van der Waals surface area (Å²) in [6, 6.07) is 6.03. The van der Waals surface area contributed by atoms with Crippen LogP contribution in [0.2, 0.25) is 0 Å². The summed E-state index contributed by atoms with van der Waals surface area (Å²) in [5.74, 6) is 0.0954. The van der Waals surface area contributed by atoms with Crippen LogP contribution in [0.3, 0.4) is 0 Å². The maximum absolute atomic E-state index is 12.8. The second kappa shape index (κ2) is 6.36. The zero-order valence-corrected chi connectivity index (χ0v) is 13.8. The normalized spacial score (nSPS) is 23.5. The van der Waals surface area contributed by atoms with Gasteiger partial charge in [-0.3, -0.25) is 9.69 Å². The summed E-state index contributed by atoms with van der Waals surface area (Å²) in [6.45, 7) is 4.08. The number of benzene rings is 1. The molecule has 114 valence electrons. The van der Waals surface area contributed by atoms with E-state index in [-0.39, 0.29) is 5.91 Å². The quantitative estimate of drug-likeness (QED) is 0.833. The fourth-order valence-electron chi connectivity index (χ4n) is 3.43. The van der Waals surface area contributed by atoms with E-state index in [0.717, 1.165) is 24.0 Å². The summed E-state index contributed by atoms with van der Waals surface area (Å²) in [7, 11) is 0. The molecule has 1 unspecified atom stereocenters. The number of hydrogen-bond donors (Lipinski definition) is 1. The lowest BCUT2D eigenvalue weighted by Crippen LogP contribution is -2.49. The van der Waals surface area contributed by atoms with Crippen molar-refractivity contribution in [3.05, 3.63) is 28.2 Å². The van der Waals surface area contributed by atoms with Crippen molar-refractivity contribution in [2.75, 3.05) is 31.9 Å². The summed E-state index contributed by atoms with van der Waals surface area (Å²) in [5, 5.41) is 0. The number of likely N-dealkylation sites (tertiary alicyclic amines) is 2. The predicted octanol–water partition coefficient (Wildman–Crippen LogP) is 2.73. The van der Waals surface area contributed by atoms with Crippen LogP contribution in [0.15, 0.2) is 22.7 Å². The Kier molecular flexibility index (Phi) is 4.50. The molecule has 0 aromatic heterocycles. The Morgan fingerprint density at radius 1 is 1.19 bits per heavy atom. The van der Waals surface area contributed by atoms with Gasteiger partial charge in [0.2, 0.25) is 0 Å². The minimum absolute atomic E-state index is 0.0954. The van der Waals surface area contributed by atoms with Crippen molar-refractivity contribution < 1.29 is 4.79 Å². The number of carbonyl (C=O) groups is 1. The van der Waals surface area contributed by atoms with E-state index in [1.54, 1.807) is 0 Å². The van der Waals surface area contributed by atoms with Crippen molar-refractivity contribution in [1.82, 2.24) is 9.80 Å². The molecule has 1 amide bonds. The van der Waals surface area contributed by atoms with Gasteiger partial charge in [-0.1, -0.05) is 6.07 Å². The first-order valence-corrected chi connectivity index (χ1v) is 8.53. The molecule has 2 aliphatic rings. The molecule has 2 fully saturated rings. The van der Waals surface area contributed by atoms with Crippen molar-refractivity contribution in [3.63, 3.8) is 0 Å². The van der Waals surface area contributed by atoms with Gasteiger partial charge in [0, 0.05) is 24.8 Å². The third kappa shape index (κ3) is 3.09. The van der Waals surface area contributed by atoms with E-state index in [2.05, 4.69) is 20.8 Å². The fourth-order valence-corrected chi connectivity index (χ4v) is 3.86. The molecular weight excluding hydrogens is 330 g/mol. The van der Waals surface area contributed by atoms with E-state index in [4.69, 9.17) is 5.73 Å². The van der Waals surface area contributed by atoms with E-state index in [9.17, 15) is 4.79 Å². The molecule has 1 atom stereocenters. The summed E-state index contributed by atoms with van der Waals surface area (Å²) in [5.41, 5.74) is 7.19. The molecule has 0 aliphatic carbocycles. The Morgan fingerprint density at radius 3 is 2.71 bits per heavy atom. The van der Waals surface area contributed by atoms with Crippen LogP contribution >= 0.6 is 15.9 Å². The molecule has 3 rings (SSSR count). The number of piperidine rings is 1. The Labute approximate surface area is 134 Å². The van der Waals surface area contributed by atoms with Gasteiger partial charge in [0.1, 0.15) is 0 Å². The van der Waals surface area contributed by atoms with Crippen molar-refractivity contribution in [2.45, 2.75) is 31.7 Å². The minimum atomic E-state index is 0.0954. The number of nitrogens with two attached hydrogens (primary N) is 1. The van der Waals surface area contributed by atoms with Gasteiger partial charge in [-0.2, -0.15) is 0 Å². The molecule has 1 aromatic rings. The zero-order chi connectivity index (χ0) is 14.8. The second-order valence-electron chi connectivity index (χ2n) is 6.00. The fraction of sp³-hybridized carbons (Fsp3) is 0.562. The maximum Gasteiger partial charge on any atom is 0.255 e.